The Morgan fingerprint density at radius 2 is 1.85 bits per heavy atom. The summed E-state index contributed by atoms with van der Waals surface area (Å²) in [6.45, 7) is 10.6. The molecule has 1 saturated heterocycles. The number of aromatic nitrogens is 2. The van der Waals surface area contributed by atoms with E-state index >= 15 is 0 Å². The lowest BCUT2D eigenvalue weighted by molar-refractivity contribution is -0.131. The second-order valence-corrected chi connectivity index (χ2v) is 11.6. The normalized spacial score (nSPS) is 13.9. The van der Waals surface area contributed by atoms with E-state index < -0.39 is 0 Å². The lowest BCUT2D eigenvalue weighted by Crippen LogP contribution is -2.38. The van der Waals surface area contributed by atoms with E-state index in [1.807, 2.05) is 65.7 Å². The van der Waals surface area contributed by atoms with Crippen LogP contribution in [0, 0.1) is 13.5 Å². The van der Waals surface area contributed by atoms with Crippen LogP contribution in [0.4, 0.5) is 5.69 Å². The number of thiazole rings is 1. The van der Waals surface area contributed by atoms with Crippen LogP contribution in [0.2, 0.25) is 0 Å². The van der Waals surface area contributed by atoms with Crippen LogP contribution in [-0.4, -0.2) is 34.0 Å². The Morgan fingerprint density at radius 1 is 1.05 bits per heavy atom. The number of nitrogens with zero attached hydrogens (tertiary/aromatic N) is 4. The molecule has 0 radical (unpaired) electrons. The van der Waals surface area contributed by atoms with Gasteiger partial charge in [-0.3, -0.25) is 4.79 Å². The van der Waals surface area contributed by atoms with Crippen molar-refractivity contribution in [3.05, 3.63) is 98.5 Å². The number of rotatable bonds is 6. The molecular weight excluding hydrogens is 525 g/mol. The first-order valence-electron chi connectivity index (χ1n) is 12.9. The predicted octanol–water partition coefficient (Wildman–Crippen LogP) is 8.00. The van der Waals surface area contributed by atoms with Gasteiger partial charge >= 0.3 is 0 Å². The topological polar surface area (TPSA) is 63.6 Å². The molecule has 1 aliphatic rings. The maximum atomic E-state index is 12.7. The third kappa shape index (κ3) is 5.29. The minimum absolute atomic E-state index is 0.213. The van der Waals surface area contributed by atoms with Crippen LogP contribution in [0.1, 0.15) is 34.4 Å². The van der Waals surface area contributed by atoms with Crippen LogP contribution >= 0.6 is 22.7 Å². The Morgan fingerprint density at radius 3 is 2.59 bits per heavy atom. The van der Waals surface area contributed by atoms with Crippen LogP contribution in [0.15, 0.2) is 75.9 Å². The lowest BCUT2D eigenvalue weighted by Gasteiger charge is -2.31. The zero-order valence-electron chi connectivity index (χ0n) is 21.5. The highest BCUT2D eigenvalue weighted by molar-refractivity contribution is 7.10. The number of aryl methyl sites for hydroxylation is 1. The number of piperidine rings is 1. The van der Waals surface area contributed by atoms with Gasteiger partial charge in [-0.1, -0.05) is 53.7 Å². The standard InChI is InChI=1S/C31H26N4O2S2/c1-20-29(30(34-37-20)24-6-3-5-23(17-24)21-8-10-25(32-2)11-9-21)27-19-39-31(33-27)22-12-14-35(15-13-22)28(36)18-26-7-4-16-38-26/h3-11,16-17,19,22H,12-15,18H2,1H3. The van der Waals surface area contributed by atoms with Crippen molar-refractivity contribution >= 4 is 34.3 Å². The SMILES string of the molecule is [C-]#[N+]c1ccc(-c2cccc(-c3noc(C)c3-c3csc(C4CCN(C(=O)Cc5cccs5)CC4)n3)c2)cc1. The highest BCUT2D eigenvalue weighted by atomic mass is 32.1. The third-order valence-corrected chi connectivity index (χ3v) is 9.09. The van der Waals surface area contributed by atoms with Crippen molar-refractivity contribution in [3.8, 4) is 33.6 Å². The molecule has 1 amide bonds. The summed E-state index contributed by atoms with van der Waals surface area (Å²) < 4.78 is 5.66. The van der Waals surface area contributed by atoms with Gasteiger partial charge in [0.15, 0.2) is 5.69 Å². The second kappa shape index (κ2) is 11.0. The molecule has 0 unspecified atom stereocenters. The number of hydrogen-bond acceptors (Lipinski definition) is 6. The first kappa shape index (κ1) is 25.2. The summed E-state index contributed by atoms with van der Waals surface area (Å²) in [5.41, 5.74) is 6.25. The zero-order valence-corrected chi connectivity index (χ0v) is 23.1. The third-order valence-electron chi connectivity index (χ3n) is 7.21. The Balaban J connectivity index is 1.19. The number of carbonyl (C=O) groups is 1. The average molecular weight is 551 g/mol. The van der Waals surface area contributed by atoms with Crippen LogP contribution in [-0.2, 0) is 11.2 Å². The Hall–Kier alpha value is -4.06. The molecule has 2 aromatic carbocycles. The molecule has 39 heavy (non-hydrogen) atoms. The van der Waals surface area contributed by atoms with Crippen molar-refractivity contribution in [1.29, 1.82) is 0 Å². The van der Waals surface area contributed by atoms with E-state index in [2.05, 4.69) is 27.5 Å². The van der Waals surface area contributed by atoms with Crippen molar-refractivity contribution in [3.63, 3.8) is 0 Å². The molecule has 3 aromatic heterocycles. The summed E-state index contributed by atoms with van der Waals surface area (Å²) in [4.78, 5) is 24.4. The van der Waals surface area contributed by atoms with Gasteiger partial charge in [0.2, 0.25) is 5.91 Å². The molecular formula is C31H26N4O2S2. The summed E-state index contributed by atoms with van der Waals surface area (Å²) in [7, 11) is 0. The van der Waals surface area contributed by atoms with E-state index in [4.69, 9.17) is 16.1 Å². The predicted molar refractivity (Wildman–Crippen MR) is 156 cm³/mol. The molecule has 8 heteroatoms. The quantitative estimate of drug-likeness (QED) is 0.201. The van der Waals surface area contributed by atoms with Gasteiger partial charge in [-0.15, -0.1) is 22.7 Å². The summed E-state index contributed by atoms with van der Waals surface area (Å²) in [6.07, 6.45) is 2.34. The van der Waals surface area contributed by atoms with Crippen LogP contribution in [0.3, 0.4) is 0 Å². The van der Waals surface area contributed by atoms with Crippen molar-refractivity contribution in [1.82, 2.24) is 15.0 Å². The molecule has 0 atom stereocenters. The van der Waals surface area contributed by atoms with Gasteiger partial charge in [0.25, 0.3) is 0 Å². The number of hydrogen-bond donors (Lipinski definition) is 0. The Labute approximate surface area is 235 Å². The van der Waals surface area contributed by atoms with Gasteiger partial charge in [-0.25, -0.2) is 9.83 Å². The fourth-order valence-electron chi connectivity index (χ4n) is 5.09. The maximum absolute atomic E-state index is 12.7. The molecule has 5 aromatic rings. The van der Waals surface area contributed by atoms with Gasteiger partial charge in [0.1, 0.15) is 11.5 Å². The molecule has 0 aliphatic carbocycles. The second-order valence-electron chi connectivity index (χ2n) is 9.68. The van der Waals surface area contributed by atoms with Gasteiger partial charge in [-0.05, 0) is 48.4 Å². The van der Waals surface area contributed by atoms with E-state index in [1.54, 1.807) is 22.7 Å². The summed E-state index contributed by atoms with van der Waals surface area (Å²) in [5.74, 6) is 1.30. The molecule has 0 bridgehead atoms. The van der Waals surface area contributed by atoms with Crippen molar-refractivity contribution < 1.29 is 9.32 Å². The van der Waals surface area contributed by atoms with Crippen LogP contribution < -0.4 is 0 Å². The molecule has 1 aliphatic heterocycles. The minimum atomic E-state index is 0.213. The molecule has 0 saturated carbocycles. The van der Waals surface area contributed by atoms with Crippen molar-refractivity contribution in [2.45, 2.75) is 32.1 Å². The number of carbonyl (C=O) groups excluding carboxylic acids is 1. The smallest absolute Gasteiger partial charge is 0.227 e. The van der Waals surface area contributed by atoms with Crippen LogP contribution in [0.25, 0.3) is 38.5 Å². The first-order valence-corrected chi connectivity index (χ1v) is 14.7. The van der Waals surface area contributed by atoms with Gasteiger partial charge in [0, 0.05) is 34.8 Å². The van der Waals surface area contributed by atoms with E-state index in [0.29, 0.717) is 18.0 Å². The summed E-state index contributed by atoms with van der Waals surface area (Å²) in [5, 5.41) is 9.63. The number of thiophene rings is 1. The molecule has 194 valence electrons. The summed E-state index contributed by atoms with van der Waals surface area (Å²) >= 11 is 3.31. The van der Waals surface area contributed by atoms with Gasteiger partial charge in [0.05, 0.1) is 29.3 Å². The minimum Gasteiger partial charge on any atom is -0.360 e. The van der Waals surface area contributed by atoms with Gasteiger partial charge in [-0.2, -0.15) is 0 Å². The van der Waals surface area contributed by atoms with E-state index in [9.17, 15) is 4.79 Å². The number of benzene rings is 2. The molecule has 6 rings (SSSR count). The molecule has 4 heterocycles. The molecule has 0 spiro atoms. The molecule has 6 nitrogen and oxygen atoms in total. The fourth-order valence-corrected chi connectivity index (χ4v) is 6.76. The molecule has 0 N–H and O–H groups in total. The number of amides is 1. The van der Waals surface area contributed by atoms with E-state index in [0.717, 1.165) is 75.2 Å². The van der Waals surface area contributed by atoms with Crippen LogP contribution in [0.5, 0.6) is 0 Å². The Kier molecular flexibility index (Phi) is 7.10. The fraction of sp³-hybridized carbons (Fsp3) is 0.226. The number of likely N-dealkylation sites (tertiary alicyclic amines) is 1. The Bertz CT molecular complexity index is 1640. The highest BCUT2D eigenvalue weighted by Crippen LogP contribution is 2.39. The largest absolute Gasteiger partial charge is 0.360 e. The average Bonchev–Trinajstić information content (AvgIpc) is 3.75. The summed E-state index contributed by atoms with van der Waals surface area (Å²) in [6, 6.07) is 19.8. The van der Waals surface area contributed by atoms with Crippen molar-refractivity contribution in [2.24, 2.45) is 0 Å². The zero-order chi connectivity index (χ0) is 26.8. The maximum Gasteiger partial charge on any atom is 0.227 e. The monoisotopic (exact) mass is 550 g/mol. The lowest BCUT2D eigenvalue weighted by atomic mass is 9.97. The highest BCUT2D eigenvalue weighted by Gasteiger charge is 2.27. The van der Waals surface area contributed by atoms with E-state index in [1.165, 1.54) is 0 Å². The van der Waals surface area contributed by atoms with Gasteiger partial charge < -0.3 is 9.42 Å². The molecule has 1 fully saturated rings. The first-order chi connectivity index (χ1) is 19.1. The van der Waals surface area contributed by atoms with Crippen molar-refractivity contribution in [2.75, 3.05) is 13.1 Å². The van der Waals surface area contributed by atoms with E-state index in [-0.39, 0.29) is 5.91 Å².